The SMILES string of the molecule is C=C(CCC#N)NC(Cc1cccc(C(C)=C=O)c1C)B(C)O. The Labute approximate surface area is 138 Å². The van der Waals surface area contributed by atoms with Crippen molar-refractivity contribution in [3.8, 4) is 6.07 Å². The maximum Gasteiger partial charge on any atom is 0.309 e. The summed E-state index contributed by atoms with van der Waals surface area (Å²) < 4.78 is 0. The molecule has 5 heteroatoms. The minimum atomic E-state index is -0.570. The molecule has 0 fully saturated rings. The summed E-state index contributed by atoms with van der Waals surface area (Å²) in [5.74, 6) is 1.74. The van der Waals surface area contributed by atoms with Crippen molar-refractivity contribution in [1.82, 2.24) is 5.32 Å². The molecule has 0 saturated carbocycles. The fourth-order valence-electron chi connectivity index (χ4n) is 2.49. The lowest BCUT2D eigenvalue weighted by molar-refractivity contribution is 0.526. The molecule has 0 aliphatic carbocycles. The molecular weight excluding hydrogens is 287 g/mol. The average Bonchev–Trinajstić information content (AvgIpc) is 2.53. The van der Waals surface area contributed by atoms with E-state index < -0.39 is 6.92 Å². The molecule has 1 aromatic carbocycles. The molecule has 0 heterocycles. The molecule has 0 aliphatic rings. The number of nitriles is 1. The van der Waals surface area contributed by atoms with Crippen LogP contribution in [0.1, 0.15) is 36.5 Å². The standard InChI is InChI=1S/C18H23BN2O2/c1-13(12-22)17-9-5-8-16(15(17)3)11-18(19(4)23)21-14(2)7-6-10-20/h5,8-9,18,21,23H,2,6-7,11H2,1,3-4H3. The van der Waals surface area contributed by atoms with Crippen LogP contribution in [0.5, 0.6) is 0 Å². The van der Waals surface area contributed by atoms with Crippen molar-refractivity contribution in [1.29, 1.82) is 5.26 Å². The van der Waals surface area contributed by atoms with Crippen LogP contribution >= 0.6 is 0 Å². The molecular formula is C18H23BN2O2. The van der Waals surface area contributed by atoms with E-state index in [2.05, 4.69) is 18.0 Å². The molecule has 1 aromatic rings. The highest BCUT2D eigenvalue weighted by atomic mass is 16.2. The van der Waals surface area contributed by atoms with E-state index in [1.54, 1.807) is 13.7 Å². The van der Waals surface area contributed by atoms with Crippen LogP contribution in [0.4, 0.5) is 0 Å². The van der Waals surface area contributed by atoms with E-state index in [0.717, 1.165) is 22.4 Å². The largest absolute Gasteiger partial charge is 0.449 e. The quantitative estimate of drug-likeness (QED) is 0.572. The molecule has 0 radical (unpaired) electrons. The average molecular weight is 310 g/mol. The lowest BCUT2D eigenvalue weighted by Crippen LogP contribution is -2.42. The number of allylic oxidation sites excluding steroid dienone is 2. The van der Waals surface area contributed by atoms with Crippen molar-refractivity contribution >= 4 is 18.4 Å². The van der Waals surface area contributed by atoms with Gasteiger partial charge in [-0.1, -0.05) is 31.6 Å². The molecule has 0 bridgehead atoms. The Bertz CT molecular complexity index is 655. The second-order valence-corrected chi connectivity index (χ2v) is 5.77. The van der Waals surface area contributed by atoms with E-state index in [1.807, 2.05) is 31.1 Å². The number of nitrogens with one attached hydrogen (secondary N) is 1. The monoisotopic (exact) mass is 310 g/mol. The third kappa shape index (κ3) is 5.45. The highest BCUT2D eigenvalue weighted by Gasteiger charge is 2.21. The van der Waals surface area contributed by atoms with Gasteiger partial charge in [0.2, 0.25) is 0 Å². The number of carbonyl (C=O) groups excluding carboxylic acids is 1. The lowest BCUT2D eigenvalue weighted by Gasteiger charge is -2.23. The first-order valence-electron chi connectivity index (χ1n) is 7.70. The van der Waals surface area contributed by atoms with Gasteiger partial charge < -0.3 is 10.3 Å². The van der Waals surface area contributed by atoms with Crippen LogP contribution in [0.25, 0.3) is 5.57 Å². The number of hydrogen-bond acceptors (Lipinski definition) is 4. The Balaban J connectivity index is 2.96. The zero-order valence-electron chi connectivity index (χ0n) is 14.0. The van der Waals surface area contributed by atoms with Crippen molar-refractivity contribution in [2.75, 3.05) is 0 Å². The lowest BCUT2D eigenvalue weighted by atomic mass is 9.61. The predicted octanol–water partition coefficient (Wildman–Crippen LogP) is 2.70. The van der Waals surface area contributed by atoms with Gasteiger partial charge in [0.15, 0.2) is 0 Å². The van der Waals surface area contributed by atoms with E-state index in [4.69, 9.17) is 5.26 Å². The molecule has 0 saturated heterocycles. The number of benzene rings is 1. The van der Waals surface area contributed by atoms with Gasteiger partial charge in [0.05, 0.1) is 6.07 Å². The molecule has 0 spiro atoms. The topological polar surface area (TPSA) is 73.1 Å². The molecule has 120 valence electrons. The Morgan fingerprint density at radius 3 is 2.78 bits per heavy atom. The van der Waals surface area contributed by atoms with Gasteiger partial charge in [0.1, 0.15) is 5.94 Å². The van der Waals surface area contributed by atoms with Crippen LogP contribution in [0, 0.1) is 18.3 Å². The molecule has 0 amide bonds. The van der Waals surface area contributed by atoms with Crippen LogP contribution in [-0.4, -0.2) is 23.8 Å². The minimum absolute atomic E-state index is 0.198. The van der Waals surface area contributed by atoms with E-state index in [1.165, 1.54) is 0 Å². The fraction of sp³-hybridized carbons (Fsp3) is 0.389. The third-order valence-electron chi connectivity index (χ3n) is 3.95. The van der Waals surface area contributed by atoms with Gasteiger partial charge in [-0.2, -0.15) is 5.26 Å². The number of hydrogen-bond donors (Lipinski definition) is 2. The van der Waals surface area contributed by atoms with E-state index in [-0.39, 0.29) is 5.94 Å². The third-order valence-corrected chi connectivity index (χ3v) is 3.95. The zero-order chi connectivity index (χ0) is 17.4. The van der Waals surface area contributed by atoms with Crippen LogP contribution < -0.4 is 5.32 Å². The van der Waals surface area contributed by atoms with Gasteiger partial charge in [-0.05, 0) is 43.4 Å². The molecule has 0 aromatic heterocycles. The first-order chi connectivity index (χ1) is 10.9. The molecule has 1 atom stereocenters. The molecule has 2 N–H and O–H groups in total. The van der Waals surface area contributed by atoms with Crippen LogP contribution in [0.3, 0.4) is 0 Å². The second kappa shape index (κ2) is 9.00. The zero-order valence-corrected chi connectivity index (χ0v) is 14.0. The second-order valence-electron chi connectivity index (χ2n) is 5.77. The van der Waals surface area contributed by atoms with Crippen LogP contribution in [-0.2, 0) is 11.2 Å². The first kappa shape index (κ1) is 18.8. The summed E-state index contributed by atoms with van der Waals surface area (Å²) >= 11 is 0. The molecule has 4 nitrogen and oxygen atoms in total. The summed E-state index contributed by atoms with van der Waals surface area (Å²) in [6.45, 7) is 8.78. The van der Waals surface area contributed by atoms with Crippen molar-refractivity contribution < 1.29 is 9.82 Å². The molecule has 1 rings (SSSR count). The normalized spacial score (nSPS) is 11.1. The van der Waals surface area contributed by atoms with E-state index >= 15 is 0 Å². The number of rotatable bonds is 8. The van der Waals surface area contributed by atoms with Crippen molar-refractivity contribution in [2.45, 2.75) is 45.9 Å². The highest BCUT2D eigenvalue weighted by molar-refractivity contribution is 6.50. The number of nitrogens with zero attached hydrogens (tertiary/aromatic N) is 1. The van der Waals surface area contributed by atoms with Gasteiger partial charge in [-0.15, -0.1) is 0 Å². The predicted molar refractivity (Wildman–Crippen MR) is 94.4 cm³/mol. The molecule has 23 heavy (non-hydrogen) atoms. The van der Waals surface area contributed by atoms with Crippen molar-refractivity contribution in [3.05, 3.63) is 47.2 Å². The summed E-state index contributed by atoms with van der Waals surface area (Å²) in [4.78, 5) is 10.9. The molecule has 0 aliphatic heterocycles. The van der Waals surface area contributed by atoms with E-state index in [9.17, 15) is 9.82 Å². The maximum atomic E-state index is 10.9. The summed E-state index contributed by atoms with van der Waals surface area (Å²) in [7, 11) is 0. The fourth-order valence-corrected chi connectivity index (χ4v) is 2.49. The van der Waals surface area contributed by atoms with Crippen LogP contribution in [0.15, 0.2) is 30.5 Å². The Morgan fingerprint density at radius 1 is 1.52 bits per heavy atom. The van der Waals surface area contributed by atoms with Crippen LogP contribution in [0.2, 0.25) is 6.82 Å². The smallest absolute Gasteiger partial charge is 0.309 e. The maximum absolute atomic E-state index is 10.9. The van der Waals surface area contributed by atoms with Gasteiger partial charge in [-0.25, -0.2) is 4.79 Å². The van der Waals surface area contributed by atoms with Gasteiger partial charge in [0, 0.05) is 23.6 Å². The Morgan fingerprint density at radius 2 is 2.22 bits per heavy atom. The summed E-state index contributed by atoms with van der Waals surface area (Å²) in [6.07, 6.45) is 1.57. The Kier molecular flexibility index (Phi) is 7.34. The van der Waals surface area contributed by atoms with Gasteiger partial charge in [0.25, 0.3) is 0 Å². The van der Waals surface area contributed by atoms with Crippen molar-refractivity contribution in [3.63, 3.8) is 0 Å². The highest BCUT2D eigenvalue weighted by Crippen LogP contribution is 2.21. The summed E-state index contributed by atoms with van der Waals surface area (Å²) in [5.41, 5.74) is 4.27. The first-order valence-corrected chi connectivity index (χ1v) is 7.70. The van der Waals surface area contributed by atoms with Gasteiger partial charge in [-0.3, -0.25) is 0 Å². The summed E-state index contributed by atoms with van der Waals surface area (Å²) in [6, 6.07) is 7.88. The minimum Gasteiger partial charge on any atom is -0.449 e. The van der Waals surface area contributed by atoms with E-state index in [0.29, 0.717) is 24.8 Å². The molecule has 1 unspecified atom stereocenters. The van der Waals surface area contributed by atoms with Gasteiger partial charge >= 0.3 is 6.92 Å². The van der Waals surface area contributed by atoms with Crippen molar-refractivity contribution in [2.24, 2.45) is 0 Å². The summed E-state index contributed by atoms with van der Waals surface area (Å²) in [5, 5.41) is 21.9. The Hall–Kier alpha value is -2.28.